The maximum Gasteiger partial charge on any atom is 0.317 e. The van der Waals surface area contributed by atoms with Crippen LogP contribution in [-0.4, -0.2) is 46.1 Å². The summed E-state index contributed by atoms with van der Waals surface area (Å²) in [5.74, 6) is -0.359. The molecule has 3 N–H and O–H groups in total. The summed E-state index contributed by atoms with van der Waals surface area (Å²) in [6.45, 7) is 1.19. The third kappa shape index (κ3) is 8.13. The number of carbonyl (C=O) groups excluding carboxylic acids is 3. The Morgan fingerprint density at radius 3 is 2.48 bits per heavy atom. The Labute approximate surface area is 192 Å². The molecule has 1 aromatic heterocycles. The van der Waals surface area contributed by atoms with Crippen molar-refractivity contribution in [1.82, 2.24) is 25.3 Å². The van der Waals surface area contributed by atoms with Crippen LogP contribution in [0.5, 0.6) is 0 Å². The van der Waals surface area contributed by atoms with Gasteiger partial charge in [0.2, 0.25) is 11.8 Å². The Morgan fingerprint density at radius 2 is 1.73 bits per heavy atom. The second kappa shape index (κ2) is 12.0. The maximum absolute atomic E-state index is 12.2. The lowest BCUT2D eigenvalue weighted by atomic mass is 10.2. The summed E-state index contributed by atoms with van der Waals surface area (Å²) in [5.41, 5.74) is 2.53. The van der Waals surface area contributed by atoms with Crippen molar-refractivity contribution in [1.29, 1.82) is 0 Å². The average molecular weight is 449 g/mol. The van der Waals surface area contributed by atoms with Crippen LogP contribution in [0.1, 0.15) is 17.5 Å². The normalized spacial score (nSPS) is 10.3. The van der Waals surface area contributed by atoms with Gasteiger partial charge in [-0.15, -0.1) is 0 Å². The number of carbonyl (C=O) groups is 3. The summed E-state index contributed by atoms with van der Waals surface area (Å²) in [6, 6.07) is 18.5. The summed E-state index contributed by atoms with van der Waals surface area (Å²) in [7, 11) is 1.71. The standard InChI is InChI=1S/C24H28N6O3/c1-29(17-19-7-3-2-4-8-19)24(33)25-13-11-22(31)26-16-20-9-5-10-21(15-20)28-23(32)18-30-14-6-12-27-30/h2-10,12,14-15H,11,13,16-18H2,1H3,(H,25,33)(H,26,31)(H,28,32). The van der Waals surface area contributed by atoms with Crippen molar-refractivity contribution in [3.8, 4) is 0 Å². The molecule has 0 aliphatic heterocycles. The zero-order valence-corrected chi connectivity index (χ0v) is 18.5. The van der Waals surface area contributed by atoms with Gasteiger partial charge < -0.3 is 20.9 Å². The van der Waals surface area contributed by atoms with Gasteiger partial charge in [-0.25, -0.2) is 4.79 Å². The van der Waals surface area contributed by atoms with E-state index in [1.54, 1.807) is 36.5 Å². The quantitative estimate of drug-likeness (QED) is 0.442. The van der Waals surface area contributed by atoms with Crippen LogP contribution >= 0.6 is 0 Å². The molecule has 0 aliphatic carbocycles. The first-order valence-corrected chi connectivity index (χ1v) is 10.7. The molecular formula is C24H28N6O3. The van der Waals surface area contributed by atoms with Crippen LogP contribution in [0.2, 0.25) is 0 Å². The van der Waals surface area contributed by atoms with Crippen LogP contribution in [0.4, 0.5) is 10.5 Å². The van der Waals surface area contributed by atoms with E-state index in [1.807, 2.05) is 48.5 Å². The van der Waals surface area contributed by atoms with E-state index in [2.05, 4.69) is 21.0 Å². The minimum absolute atomic E-state index is 0.125. The van der Waals surface area contributed by atoms with Crippen molar-refractivity contribution >= 4 is 23.5 Å². The Hall–Kier alpha value is -4.14. The maximum atomic E-state index is 12.2. The fourth-order valence-corrected chi connectivity index (χ4v) is 3.14. The predicted molar refractivity (Wildman–Crippen MR) is 125 cm³/mol. The molecule has 2 aromatic carbocycles. The number of urea groups is 1. The fraction of sp³-hybridized carbons (Fsp3) is 0.250. The molecule has 0 saturated heterocycles. The van der Waals surface area contributed by atoms with E-state index >= 15 is 0 Å². The first kappa shape index (κ1) is 23.5. The predicted octanol–water partition coefficient (Wildman–Crippen LogP) is 2.37. The minimum atomic E-state index is -0.231. The number of benzene rings is 2. The SMILES string of the molecule is CN(Cc1ccccc1)C(=O)NCCC(=O)NCc1cccc(NC(=O)Cn2cccn2)c1. The fourth-order valence-electron chi connectivity index (χ4n) is 3.14. The van der Waals surface area contributed by atoms with Crippen molar-refractivity contribution < 1.29 is 14.4 Å². The molecule has 0 atom stereocenters. The molecule has 0 radical (unpaired) electrons. The highest BCUT2D eigenvalue weighted by atomic mass is 16.2. The first-order chi connectivity index (χ1) is 16.0. The first-order valence-electron chi connectivity index (χ1n) is 10.7. The Balaban J connectivity index is 1.36. The highest BCUT2D eigenvalue weighted by molar-refractivity contribution is 5.90. The lowest BCUT2D eigenvalue weighted by Gasteiger charge is -2.18. The van der Waals surface area contributed by atoms with Gasteiger partial charge in [0.25, 0.3) is 0 Å². The van der Waals surface area contributed by atoms with E-state index in [1.165, 1.54) is 4.68 Å². The second-order valence-electron chi connectivity index (χ2n) is 7.55. The summed E-state index contributed by atoms with van der Waals surface area (Å²) in [4.78, 5) is 38.0. The van der Waals surface area contributed by atoms with Gasteiger partial charge in [-0.3, -0.25) is 14.3 Å². The lowest BCUT2D eigenvalue weighted by Crippen LogP contribution is -2.38. The Morgan fingerprint density at radius 1 is 0.939 bits per heavy atom. The van der Waals surface area contributed by atoms with Gasteiger partial charge in [0.05, 0.1) is 0 Å². The second-order valence-corrected chi connectivity index (χ2v) is 7.55. The molecule has 3 aromatic rings. The number of anilines is 1. The summed E-state index contributed by atoms with van der Waals surface area (Å²) >= 11 is 0. The molecule has 9 nitrogen and oxygen atoms in total. The number of rotatable bonds is 10. The van der Waals surface area contributed by atoms with Crippen molar-refractivity contribution in [3.63, 3.8) is 0 Å². The summed E-state index contributed by atoms with van der Waals surface area (Å²) in [6.07, 6.45) is 3.51. The number of hydrogen-bond acceptors (Lipinski definition) is 4. The number of nitrogens with one attached hydrogen (secondary N) is 3. The number of amides is 4. The van der Waals surface area contributed by atoms with Crippen LogP contribution in [0.25, 0.3) is 0 Å². The highest BCUT2D eigenvalue weighted by Crippen LogP contribution is 2.11. The third-order valence-corrected chi connectivity index (χ3v) is 4.80. The molecule has 0 spiro atoms. The zero-order valence-electron chi connectivity index (χ0n) is 18.5. The minimum Gasteiger partial charge on any atom is -0.352 e. The van der Waals surface area contributed by atoms with E-state index in [4.69, 9.17) is 0 Å². The molecule has 33 heavy (non-hydrogen) atoms. The molecule has 0 bridgehead atoms. The van der Waals surface area contributed by atoms with Gasteiger partial charge in [-0.2, -0.15) is 5.10 Å². The smallest absolute Gasteiger partial charge is 0.317 e. The van der Waals surface area contributed by atoms with E-state index in [0.717, 1.165) is 11.1 Å². The number of nitrogens with zero attached hydrogens (tertiary/aromatic N) is 3. The number of aromatic nitrogens is 2. The Bertz CT molecular complexity index is 1050. The largest absolute Gasteiger partial charge is 0.352 e. The molecule has 9 heteroatoms. The van der Waals surface area contributed by atoms with Gasteiger partial charge in [0.1, 0.15) is 6.54 Å². The van der Waals surface area contributed by atoms with Gasteiger partial charge in [-0.05, 0) is 29.3 Å². The third-order valence-electron chi connectivity index (χ3n) is 4.80. The van der Waals surface area contributed by atoms with Crippen molar-refractivity contribution in [2.24, 2.45) is 0 Å². The summed E-state index contributed by atoms with van der Waals surface area (Å²) in [5, 5.41) is 12.4. The molecule has 4 amide bonds. The van der Waals surface area contributed by atoms with Crippen LogP contribution in [0, 0.1) is 0 Å². The molecule has 0 saturated carbocycles. The van der Waals surface area contributed by atoms with Crippen molar-refractivity contribution in [2.75, 3.05) is 18.9 Å². The van der Waals surface area contributed by atoms with Gasteiger partial charge in [0.15, 0.2) is 0 Å². The average Bonchev–Trinajstić information content (AvgIpc) is 3.31. The Kier molecular flexibility index (Phi) is 8.58. The zero-order chi connectivity index (χ0) is 23.5. The van der Waals surface area contributed by atoms with E-state index < -0.39 is 0 Å². The van der Waals surface area contributed by atoms with E-state index in [0.29, 0.717) is 18.8 Å². The van der Waals surface area contributed by atoms with Crippen LogP contribution < -0.4 is 16.0 Å². The van der Waals surface area contributed by atoms with Crippen LogP contribution in [0.3, 0.4) is 0 Å². The molecular weight excluding hydrogens is 420 g/mol. The molecule has 0 fully saturated rings. The molecule has 0 aliphatic rings. The van der Waals surface area contributed by atoms with Crippen LogP contribution in [-0.2, 0) is 29.2 Å². The van der Waals surface area contributed by atoms with Crippen molar-refractivity contribution in [3.05, 3.63) is 84.2 Å². The molecule has 3 rings (SSSR count). The molecule has 0 unspecified atom stereocenters. The van der Waals surface area contributed by atoms with Gasteiger partial charge in [0, 0.05) is 51.2 Å². The van der Waals surface area contributed by atoms with E-state index in [9.17, 15) is 14.4 Å². The highest BCUT2D eigenvalue weighted by Gasteiger charge is 2.10. The topological polar surface area (TPSA) is 108 Å². The molecule has 1 heterocycles. The van der Waals surface area contributed by atoms with E-state index in [-0.39, 0.29) is 37.4 Å². The van der Waals surface area contributed by atoms with Crippen molar-refractivity contribution in [2.45, 2.75) is 26.1 Å². The monoisotopic (exact) mass is 448 g/mol. The lowest BCUT2D eigenvalue weighted by molar-refractivity contribution is -0.121. The summed E-state index contributed by atoms with van der Waals surface area (Å²) < 4.78 is 1.54. The number of hydrogen-bond donors (Lipinski definition) is 3. The van der Waals surface area contributed by atoms with Gasteiger partial charge in [-0.1, -0.05) is 42.5 Å². The van der Waals surface area contributed by atoms with Crippen LogP contribution in [0.15, 0.2) is 73.1 Å². The molecule has 172 valence electrons. The van der Waals surface area contributed by atoms with Gasteiger partial charge >= 0.3 is 6.03 Å².